The largest absolute Gasteiger partial charge is 0.375 e. The average Bonchev–Trinajstić information content (AvgIpc) is 2.38. The highest BCUT2D eigenvalue weighted by Crippen LogP contribution is 2.31. The van der Waals surface area contributed by atoms with E-state index in [-0.39, 0.29) is 24.6 Å². The van der Waals surface area contributed by atoms with E-state index < -0.39 is 0 Å². The van der Waals surface area contributed by atoms with Crippen LogP contribution in [-0.4, -0.2) is 19.6 Å². The number of aryl methyl sites for hydroxylation is 1. The Morgan fingerprint density at radius 2 is 2.37 bits per heavy atom. The predicted molar refractivity (Wildman–Crippen MR) is 74.7 cm³/mol. The van der Waals surface area contributed by atoms with Crippen LogP contribution in [-0.2, 0) is 16.0 Å². The van der Waals surface area contributed by atoms with Crippen molar-refractivity contribution in [3.8, 4) is 0 Å². The van der Waals surface area contributed by atoms with Gasteiger partial charge in [-0.2, -0.15) is 0 Å². The van der Waals surface area contributed by atoms with Gasteiger partial charge in [-0.05, 0) is 42.9 Å². The number of carbonyl (C=O) groups excluding carboxylic acids is 1. The first-order valence-electron chi connectivity index (χ1n) is 6.78. The summed E-state index contributed by atoms with van der Waals surface area (Å²) in [5, 5.41) is 3.04. The lowest BCUT2D eigenvalue weighted by Crippen LogP contribution is -2.33. The molecule has 4 nitrogen and oxygen atoms in total. The molecule has 0 bridgehead atoms. The molecule has 3 N–H and O–H groups in total. The molecule has 0 saturated heterocycles. The third kappa shape index (κ3) is 3.33. The summed E-state index contributed by atoms with van der Waals surface area (Å²) in [5.41, 5.74) is 9.58. The monoisotopic (exact) mass is 262 g/mol. The molecule has 2 atom stereocenters. The summed E-state index contributed by atoms with van der Waals surface area (Å²) < 4.78 is 4.86. The fourth-order valence-electron chi connectivity index (χ4n) is 2.62. The lowest BCUT2D eigenvalue weighted by Gasteiger charge is -2.27. The van der Waals surface area contributed by atoms with E-state index in [1.165, 1.54) is 18.2 Å². The molecule has 4 heteroatoms. The van der Waals surface area contributed by atoms with Gasteiger partial charge in [-0.3, -0.25) is 4.79 Å². The van der Waals surface area contributed by atoms with Gasteiger partial charge in [0.15, 0.2) is 0 Å². The third-order valence-corrected chi connectivity index (χ3v) is 3.62. The molecule has 1 aromatic carbocycles. The van der Waals surface area contributed by atoms with E-state index in [0.717, 1.165) is 24.8 Å². The molecule has 0 aromatic heterocycles. The summed E-state index contributed by atoms with van der Waals surface area (Å²) in [6.07, 6.45) is 3.15. The van der Waals surface area contributed by atoms with Crippen LogP contribution in [0.4, 0.5) is 0 Å². The van der Waals surface area contributed by atoms with Crippen molar-refractivity contribution in [3.05, 3.63) is 34.9 Å². The average molecular weight is 262 g/mol. The summed E-state index contributed by atoms with van der Waals surface area (Å²) >= 11 is 0. The molecular formula is C15H22N2O2. The highest BCUT2D eigenvalue weighted by atomic mass is 16.5. The molecule has 104 valence electrons. The maximum absolute atomic E-state index is 11.7. The Morgan fingerprint density at radius 3 is 3.05 bits per heavy atom. The molecule has 1 aromatic rings. The van der Waals surface area contributed by atoms with Gasteiger partial charge in [-0.1, -0.05) is 18.2 Å². The Bertz CT molecular complexity index is 457. The fourth-order valence-corrected chi connectivity index (χ4v) is 2.62. The Morgan fingerprint density at radius 1 is 1.58 bits per heavy atom. The molecular weight excluding hydrogens is 240 g/mol. The van der Waals surface area contributed by atoms with Crippen molar-refractivity contribution in [1.29, 1.82) is 0 Å². The molecule has 0 aliphatic heterocycles. The Balaban J connectivity index is 2.21. The number of carbonyl (C=O) groups is 1. The number of ether oxygens (including phenoxy) is 1. The number of amides is 1. The molecule has 1 aliphatic carbocycles. The van der Waals surface area contributed by atoms with Gasteiger partial charge in [0.1, 0.15) is 6.61 Å². The number of nitrogens with one attached hydrogen (secondary N) is 1. The highest BCUT2D eigenvalue weighted by molar-refractivity contribution is 5.77. The standard InChI is InChI=1S/C15H22N2O2/c1-10(16)12-7-6-11-4-3-5-14(13(11)8-12)17-15(18)9-19-2/h6-8,10,14H,3-5,9,16H2,1-2H3,(H,17,18). The first-order valence-corrected chi connectivity index (χ1v) is 6.78. The first kappa shape index (κ1) is 14.0. The highest BCUT2D eigenvalue weighted by Gasteiger charge is 2.22. The molecule has 0 fully saturated rings. The van der Waals surface area contributed by atoms with Gasteiger partial charge in [0.2, 0.25) is 5.91 Å². The topological polar surface area (TPSA) is 64.3 Å². The second kappa shape index (κ2) is 6.17. The van der Waals surface area contributed by atoms with Crippen molar-refractivity contribution in [2.24, 2.45) is 5.73 Å². The van der Waals surface area contributed by atoms with Gasteiger partial charge in [0.25, 0.3) is 0 Å². The summed E-state index contributed by atoms with van der Waals surface area (Å²) in [7, 11) is 1.53. The number of rotatable bonds is 4. The van der Waals surface area contributed by atoms with Crippen LogP contribution in [0.5, 0.6) is 0 Å². The number of hydrogen-bond donors (Lipinski definition) is 2. The van der Waals surface area contributed by atoms with Crippen LogP contribution < -0.4 is 11.1 Å². The lowest BCUT2D eigenvalue weighted by atomic mass is 9.85. The third-order valence-electron chi connectivity index (χ3n) is 3.62. The van der Waals surface area contributed by atoms with Crippen LogP contribution in [0, 0.1) is 0 Å². The van der Waals surface area contributed by atoms with Crippen molar-refractivity contribution >= 4 is 5.91 Å². The minimum absolute atomic E-state index is 0.0163. The van der Waals surface area contributed by atoms with Gasteiger partial charge < -0.3 is 15.8 Å². The molecule has 0 radical (unpaired) electrons. The molecule has 19 heavy (non-hydrogen) atoms. The fraction of sp³-hybridized carbons (Fsp3) is 0.533. The molecule has 0 heterocycles. The van der Waals surface area contributed by atoms with Crippen LogP contribution in [0.15, 0.2) is 18.2 Å². The number of methoxy groups -OCH3 is 1. The Kier molecular flexibility index (Phi) is 4.56. The van der Waals surface area contributed by atoms with E-state index >= 15 is 0 Å². The predicted octanol–water partition coefficient (Wildman–Crippen LogP) is 1.85. The zero-order valence-electron chi connectivity index (χ0n) is 11.6. The minimum Gasteiger partial charge on any atom is -0.375 e. The van der Waals surface area contributed by atoms with E-state index in [4.69, 9.17) is 10.5 Å². The number of fused-ring (bicyclic) bond motifs is 1. The zero-order chi connectivity index (χ0) is 13.8. The number of nitrogens with two attached hydrogens (primary N) is 1. The van der Waals surface area contributed by atoms with Crippen molar-refractivity contribution in [2.45, 2.75) is 38.3 Å². The van der Waals surface area contributed by atoms with Gasteiger partial charge >= 0.3 is 0 Å². The maximum Gasteiger partial charge on any atom is 0.246 e. The lowest BCUT2D eigenvalue weighted by molar-refractivity contribution is -0.125. The van der Waals surface area contributed by atoms with Crippen LogP contribution in [0.3, 0.4) is 0 Å². The first-order chi connectivity index (χ1) is 9.11. The Hall–Kier alpha value is -1.39. The van der Waals surface area contributed by atoms with E-state index in [2.05, 4.69) is 23.5 Å². The molecule has 1 aliphatic rings. The zero-order valence-corrected chi connectivity index (χ0v) is 11.6. The molecule has 2 unspecified atom stereocenters. The summed E-state index contributed by atoms with van der Waals surface area (Å²) in [4.78, 5) is 11.7. The van der Waals surface area contributed by atoms with Crippen molar-refractivity contribution in [3.63, 3.8) is 0 Å². The molecule has 1 amide bonds. The second-order valence-corrected chi connectivity index (χ2v) is 5.19. The smallest absolute Gasteiger partial charge is 0.246 e. The minimum atomic E-state index is -0.0634. The van der Waals surface area contributed by atoms with Crippen molar-refractivity contribution in [2.75, 3.05) is 13.7 Å². The van der Waals surface area contributed by atoms with E-state index in [1.807, 2.05) is 6.92 Å². The normalized spacial score (nSPS) is 19.6. The molecule has 0 saturated carbocycles. The quantitative estimate of drug-likeness (QED) is 0.870. The van der Waals surface area contributed by atoms with Crippen LogP contribution in [0.1, 0.15) is 48.5 Å². The molecule has 0 spiro atoms. The number of hydrogen-bond acceptors (Lipinski definition) is 3. The van der Waals surface area contributed by atoms with Crippen LogP contribution in [0.2, 0.25) is 0 Å². The number of benzene rings is 1. The second-order valence-electron chi connectivity index (χ2n) is 5.19. The van der Waals surface area contributed by atoms with Gasteiger partial charge in [-0.25, -0.2) is 0 Å². The van der Waals surface area contributed by atoms with E-state index in [9.17, 15) is 4.79 Å². The van der Waals surface area contributed by atoms with E-state index in [1.54, 1.807) is 0 Å². The Labute approximate surface area is 114 Å². The molecule has 2 rings (SSSR count). The van der Waals surface area contributed by atoms with Crippen molar-refractivity contribution < 1.29 is 9.53 Å². The van der Waals surface area contributed by atoms with Gasteiger partial charge in [0.05, 0.1) is 6.04 Å². The van der Waals surface area contributed by atoms with Crippen LogP contribution in [0.25, 0.3) is 0 Å². The van der Waals surface area contributed by atoms with Gasteiger partial charge in [0, 0.05) is 13.2 Å². The summed E-state index contributed by atoms with van der Waals surface area (Å²) in [6.45, 7) is 2.09. The van der Waals surface area contributed by atoms with Crippen LogP contribution >= 0.6 is 0 Å². The van der Waals surface area contributed by atoms with E-state index in [0.29, 0.717) is 0 Å². The SMILES string of the molecule is COCC(=O)NC1CCCc2ccc(C(C)N)cc21. The maximum atomic E-state index is 11.7. The summed E-state index contributed by atoms with van der Waals surface area (Å²) in [6, 6.07) is 6.47. The summed E-state index contributed by atoms with van der Waals surface area (Å²) in [5.74, 6) is -0.0634. The van der Waals surface area contributed by atoms with Crippen molar-refractivity contribution in [1.82, 2.24) is 5.32 Å². The van der Waals surface area contributed by atoms with Gasteiger partial charge in [-0.15, -0.1) is 0 Å².